The Balaban J connectivity index is 4.09. The van der Waals surface area contributed by atoms with Crippen LogP contribution in [-0.4, -0.2) is 68.7 Å². The molecule has 0 spiro atoms. The van der Waals surface area contributed by atoms with Gasteiger partial charge in [-0.1, -0.05) is 0 Å². The van der Waals surface area contributed by atoms with E-state index in [0.717, 1.165) is 26.1 Å². The summed E-state index contributed by atoms with van der Waals surface area (Å²) in [6.07, 6.45) is -0.243. The molecule has 6 nitrogen and oxygen atoms in total. The molecule has 0 heterocycles. The van der Waals surface area contributed by atoms with Crippen LogP contribution in [0.1, 0.15) is 20.3 Å². The lowest BCUT2D eigenvalue weighted by molar-refractivity contribution is 0.107. The topological polar surface area (TPSA) is 71.0 Å². The summed E-state index contributed by atoms with van der Waals surface area (Å²) >= 11 is 0. The van der Waals surface area contributed by atoms with Crippen LogP contribution in [-0.2, 0) is 9.47 Å². The van der Waals surface area contributed by atoms with Gasteiger partial charge in [-0.3, -0.25) is 4.90 Å². The Kier molecular flexibility index (Phi) is 8.70. The van der Waals surface area contributed by atoms with Crippen LogP contribution in [0.15, 0.2) is 0 Å². The van der Waals surface area contributed by atoms with Crippen LogP contribution < -0.4 is 5.32 Å². The van der Waals surface area contributed by atoms with Gasteiger partial charge in [0.25, 0.3) is 0 Å². The van der Waals surface area contributed by atoms with Crippen molar-refractivity contribution >= 4 is 6.09 Å². The fourth-order valence-electron chi connectivity index (χ4n) is 1.57. The average Bonchev–Trinajstić information content (AvgIpc) is 2.26. The van der Waals surface area contributed by atoms with E-state index in [0.29, 0.717) is 13.2 Å². The molecular weight excluding hydrogens is 236 g/mol. The summed E-state index contributed by atoms with van der Waals surface area (Å²) in [5, 5.41) is 11.2. The van der Waals surface area contributed by atoms with Crippen LogP contribution in [0.25, 0.3) is 0 Å². The molecule has 1 amide bonds. The molecule has 0 aromatic rings. The summed E-state index contributed by atoms with van der Waals surface area (Å²) in [7, 11) is 3.34. The molecule has 0 unspecified atom stereocenters. The predicted molar refractivity (Wildman–Crippen MR) is 70.0 cm³/mol. The van der Waals surface area contributed by atoms with Gasteiger partial charge in [0.2, 0.25) is 0 Å². The lowest BCUT2D eigenvalue weighted by atomic mass is 10.0. The molecule has 0 bridgehead atoms. The Morgan fingerprint density at radius 1 is 1.17 bits per heavy atom. The minimum absolute atomic E-state index is 0.426. The van der Waals surface area contributed by atoms with Crippen molar-refractivity contribution in [3.63, 3.8) is 0 Å². The molecular formula is C12H26N2O4. The Morgan fingerprint density at radius 3 is 2.06 bits per heavy atom. The molecule has 0 aliphatic rings. The molecule has 0 saturated carbocycles. The minimum Gasteiger partial charge on any atom is -0.465 e. The van der Waals surface area contributed by atoms with Gasteiger partial charge in [0, 0.05) is 39.4 Å². The summed E-state index contributed by atoms with van der Waals surface area (Å²) < 4.78 is 10.1. The molecule has 0 aromatic heterocycles. The standard InChI is InChI=1S/C12H26N2O4/c1-12(2,13-11(15)16)5-6-14(7-9-17-3)8-10-18-4/h13H,5-10H2,1-4H3,(H,15,16). The lowest BCUT2D eigenvalue weighted by Gasteiger charge is -2.29. The first-order valence-electron chi connectivity index (χ1n) is 6.12. The van der Waals surface area contributed by atoms with E-state index in [9.17, 15) is 4.79 Å². The summed E-state index contributed by atoms with van der Waals surface area (Å²) in [4.78, 5) is 12.8. The number of rotatable bonds is 10. The summed E-state index contributed by atoms with van der Waals surface area (Å²) in [5.41, 5.74) is -0.426. The van der Waals surface area contributed by atoms with Gasteiger partial charge in [0.1, 0.15) is 0 Å². The van der Waals surface area contributed by atoms with E-state index in [-0.39, 0.29) is 0 Å². The van der Waals surface area contributed by atoms with E-state index in [1.807, 2.05) is 13.8 Å². The fourth-order valence-corrected chi connectivity index (χ4v) is 1.57. The Labute approximate surface area is 109 Å². The first-order valence-corrected chi connectivity index (χ1v) is 6.12. The second-order valence-electron chi connectivity index (χ2n) is 4.89. The highest BCUT2D eigenvalue weighted by Gasteiger charge is 2.20. The van der Waals surface area contributed by atoms with Gasteiger partial charge in [-0.25, -0.2) is 4.79 Å². The van der Waals surface area contributed by atoms with Crippen LogP contribution in [0, 0.1) is 0 Å². The van der Waals surface area contributed by atoms with Gasteiger partial charge in [0.15, 0.2) is 0 Å². The van der Waals surface area contributed by atoms with Crippen LogP contribution >= 0.6 is 0 Å². The largest absolute Gasteiger partial charge is 0.465 e. The second kappa shape index (κ2) is 9.13. The monoisotopic (exact) mass is 262 g/mol. The maximum atomic E-state index is 10.6. The maximum Gasteiger partial charge on any atom is 0.405 e. The Morgan fingerprint density at radius 2 is 1.67 bits per heavy atom. The predicted octanol–water partition coefficient (Wildman–Crippen LogP) is 1.02. The highest BCUT2D eigenvalue weighted by molar-refractivity contribution is 5.65. The molecule has 0 radical (unpaired) electrons. The summed E-state index contributed by atoms with van der Waals surface area (Å²) in [5.74, 6) is 0. The molecule has 0 atom stereocenters. The van der Waals surface area contributed by atoms with Crippen LogP contribution in [0.3, 0.4) is 0 Å². The highest BCUT2D eigenvalue weighted by atomic mass is 16.5. The number of nitrogens with zero attached hydrogens (tertiary/aromatic N) is 1. The second-order valence-corrected chi connectivity index (χ2v) is 4.89. The molecule has 2 N–H and O–H groups in total. The van der Waals surface area contributed by atoms with Crippen LogP contribution in [0.4, 0.5) is 4.79 Å². The van der Waals surface area contributed by atoms with Gasteiger partial charge in [-0.15, -0.1) is 0 Å². The molecule has 108 valence electrons. The van der Waals surface area contributed by atoms with Gasteiger partial charge < -0.3 is 19.9 Å². The van der Waals surface area contributed by atoms with E-state index >= 15 is 0 Å². The zero-order valence-corrected chi connectivity index (χ0v) is 11.9. The van der Waals surface area contributed by atoms with Crippen LogP contribution in [0.5, 0.6) is 0 Å². The van der Waals surface area contributed by atoms with Gasteiger partial charge >= 0.3 is 6.09 Å². The van der Waals surface area contributed by atoms with E-state index < -0.39 is 11.6 Å². The molecule has 0 rings (SSSR count). The van der Waals surface area contributed by atoms with Crippen molar-refractivity contribution in [2.45, 2.75) is 25.8 Å². The van der Waals surface area contributed by atoms with Gasteiger partial charge in [-0.2, -0.15) is 0 Å². The van der Waals surface area contributed by atoms with Crippen molar-refractivity contribution in [3.8, 4) is 0 Å². The quantitative estimate of drug-likeness (QED) is 0.615. The Bertz CT molecular complexity index is 226. The summed E-state index contributed by atoms with van der Waals surface area (Å²) in [6.45, 7) is 7.54. The molecule has 0 fully saturated rings. The number of methoxy groups -OCH3 is 2. The zero-order chi connectivity index (χ0) is 14.0. The third kappa shape index (κ3) is 9.21. The fraction of sp³-hybridized carbons (Fsp3) is 0.917. The first-order chi connectivity index (χ1) is 8.41. The molecule has 0 aromatic carbocycles. The minimum atomic E-state index is -0.986. The molecule has 0 aliphatic carbocycles. The van der Waals surface area contributed by atoms with E-state index in [2.05, 4.69) is 10.2 Å². The van der Waals surface area contributed by atoms with Crippen molar-refractivity contribution in [3.05, 3.63) is 0 Å². The third-order valence-corrected chi connectivity index (χ3v) is 2.72. The van der Waals surface area contributed by atoms with E-state index in [1.165, 1.54) is 0 Å². The first kappa shape index (κ1) is 17.2. The number of carboxylic acid groups (broad SMARTS) is 1. The average molecular weight is 262 g/mol. The van der Waals surface area contributed by atoms with E-state index in [1.54, 1.807) is 14.2 Å². The Hall–Kier alpha value is -0.850. The van der Waals surface area contributed by atoms with Crippen molar-refractivity contribution in [2.24, 2.45) is 0 Å². The lowest BCUT2D eigenvalue weighted by Crippen LogP contribution is -2.45. The molecule has 0 saturated heterocycles. The zero-order valence-electron chi connectivity index (χ0n) is 11.9. The van der Waals surface area contributed by atoms with Crippen LogP contribution in [0.2, 0.25) is 0 Å². The smallest absolute Gasteiger partial charge is 0.405 e. The number of ether oxygens (including phenoxy) is 2. The van der Waals surface area contributed by atoms with Crippen molar-refractivity contribution in [1.29, 1.82) is 0 Å². The van der Waals surface area contributed by atoms with Crippen molar-refractivity contribution < 1.29 is 19.4 Å². The SMILES string of the molecule is COCCN(CCOC)CCC(C)(C)NC(=O)O. The molecule has 18 heavy (non-hydrogen) atoms. The van der Waals surface area contributed by atoms with E-state index in [4.69, 9.17) is 14.6 Å². The maximum absolute atomic E-state index is 10.6. The third-order valence-electron chi connectivity index (χ3n) is 2.72. The number of hydrogen-bond acceptors (Lipinski definition) is 4. The number of hydrogen-bond donors (Lipinski definition) is 2. The highest BCUT2D eigenvalue weighted by Crippen LogP contribution is 2.09. The summed E-state index contributed by atoms with van der Waals surface area (Å²) in [6, 6.07) is 0. The number of amides is 1. The van der Waals surface area contributed by atoms with Gasteiger partial charge in [-0.05, 0) is 20.3 Å². The molecule has 6 heteroatoms. The van der Waals surface area contributed by atoms with Crippen molar-refractivity contribution in [2.75, 3.05) is 47.1 Å². The number of nitrogens with one attached hydrogen (secondary N) is 1. The van der Waals surface area contributed by atoms with Gasteiger partial charge in [0.05, 0.1) is 13.2 Å². The molecule has 0 aliphatic heterocycles. The normalized spacial score (nSPS) is 11.8. The van der Waals surface area contributed by atoms with Crippen molar-refractivity contribution in [1.82, 2.24) is 10.2 Å². The number of carbonyl (C=O) groups is 1.